The third-order valence-corrected chi connectivity index (χ3v) is 8.01. The number of nitrogens with one attached hydrogen (secondary N) is 2. The van der Waals surface area contributed by atoms with Gasteiger partial charge in [0.1, 0.15) is 12.6 Å². The van der Waals surface area contributed by atoms with E-state index < -0.39 is 58.4 Å². The van der Waals surface area contributed by atoms with Crippen molar-refractivity contribution in [3.8, 4) is 0 Å². The van der Waals surface area contributed by atoms with Crippen LogP contribution in [-0.2, 0) is 40.4 Å². The molecule has 43 heavy (non-hydrogen) atoms. The molecule has 0 aliphatic carbocycles. The van der Waals surface area contributed by atoms with Gasteiger partial charge in [-0.15, -0.1) is 0 Å². The second-order valence-corrected chi connectivity index (χ2v) is 11.6. The topological polar surface area (TPSA) is 246 Å². The Morgan fingerprint density at radius 1 is 1.02 bits per heavy atom. The number of esters is 2. The van der Waals surface area contributed by atoms with Crippen molar-refractivity contribution in [3.63, 3.8) is 0 Å². The second kappa shape index (κ2) is 15.8. The zero-order valence-corrected chi connectivity index (χ0v) is 25.0. The highest BCUT2D eigenvalue weighted by Gasteiger charge is 2.33. The Bertz CT molecular complexity index is 1440. The van der Waals surface area contributed by atoms with Crippen LogP contribution in [0.4, 0.5) is 0 Å². The summed E-state index contributed by atoms with van der Waals surface area (Å²) in [6.45, 7) is 4.58. The van der Waals surface area contributed by atoms with Gasteiger partial charge in [-0.05, 0) is 56.7 Å². The highest BCUT2D eigenvalue weighted by molar-refractivity contribution is 7.90. The Labute approximate surface area is 250 Å². The zero-order chi connectivity index (χ0) is 32.3. The first-order chi connectivity index (χ1) is 20.1. The molecule has 1 amide bonds. The summed E-state index contributed by atoms with van der Waals surface area (Å²) in [5, 5.41) is 11.7. The van der Waals surface area contributed by atoms with Crippen LogP contribution in [0.25, 0.3) is 0 Å². The van der Waals surface area contributed by atoms with E-state index in [2.05, 4.69) is 19.8 Å². The number of carbonyl (C=O) groups excluding carboxylic acids is 3. The number of nitrogens with zero attached hydrogens (tertiary/aromatic N) is 1. The van der Waals surface area contributed by atoms with Crippen molar-refractivity contribution in [2.75, 3.05) is 13.1 Å². The van der Waals surface area contributed by atoms with Gasteiger partial charge in [-0.2, -0.15) is 0 Å². The maximum Gasteiger partial charge on any atom is 0.333 e. The van der Waals surface area contributed by atoms with Gasteiger partial charge in [0.25, 0.3) is 10.0 Å². The van der Waals surface area contributed by atoms with E-state index in [-0.39, 0.29) is 36.7 Å². The number of nitrogens with two attached hydrogens (primary N) is 3. The zero-order valence-electron chi connectivity index (χ0n) is 24.2. The van der Waals surface area contributed by atoms with Crippen molar-refractivity contribution in [2.45, 2.75) is 57.0 Å². The van der Waals surface area contributed by atoms with Gasteiger partial charge in [0.05, 0.1) is 16.9 Å². The molecule has 0 fully saturated rings. The van der Waals surface area contributed by atoms with Crippen molar-refractivity contribution >= 4 is 39.8 Å². The fraction of sp³-hybridized carbons (Fsp3) is 0.393. The lowest BCUT2D eigenvalue weighted by Gasteiger charge is -2.18. The predicted molar refractivity (Wildman–Crippen MR) is 158 cm³/mol. The third kappa shape index (κ3) is 10.8. The Morgan fingerprint density at radius 3 is 2.21 bits per heavy atom. The van der Waals surface area contributed by atoms with Crippen LogP contribution in [0.5, 0.6) is 0 Å². The average molecular weight is 619 g/mol. The van der Waals surface area contributed by atoms with Gasteiger partial charge >= 0.3 is 17.9 Å². The molecule has 2 aromatic carbocycles. The van der Waals surface area contributed by atoms with Gasteiger partial charge < -0.3 is 32.4 Å². The van der Waals surface area contributed by atoms with Gasteiger partial charge in [0.2, 0.25) is 11.9 Å². The molecule has 14 nitrogen and oxygen atoms in total. The summed E-state index contributed by atoms with van der Waals surface area (Å²) in [4.78, 5) is 52.3. The second-order valence-electron chi connectivity index (χ2n) is 10.0. The van der Waals surface area contributed by atoms with Crippen LogP contribution in [0.2, 0.25) is 0 Å². The molecule has 0 spiro atoms. The summed E-state index contributed by atoms with van der Waals surface area (Å²) in [5.41, 5.74) is 20.0. The summed E-state index contributed by atoms with van der Waals surface area (Å²) >= 11 is 0. The van der Waals surface area contributed by atoms with Gasteiger partial charge in [0, 0.05) is 6.54 Å². The molecule has 9 N–H and O–H groups in total. The van der Waals surface area contributed by atoms with Crippen molar-refractivity contribution in [1.29, 1.82) is 0 Å². The molecule has 0 saturated carbocycles. The fourth-order valence-electron chi connectivity index (χ4n) is 4.36. The van der Waals surface area contributed by atoms with Crippen LogP contribution in [0.1, 0.15) is 35.1 Å². The van der Waals surface area contributed by atoms with Crippen molar-refractivity contribution in [3.05, 3.63) is 64.7 Å². The number of carboxylic acids is 1. The molecule has 1 unspecified atom stereocenters. The number of guanidine groups is 1. The number of hydrogen-bond acceptors (Lipinski definition) is 10. The third-order valence-electron chi connectivity index (χ3n) is 6.35. The number of aliphatic imine (C=N–C) groups is 1. The largest absolute Gasteiger partial charge is 0.481 e. The van der Waals surface area contributed by atoms with E-state index >= 15 is 0 Å². The number of aliphatic carboxylic acids is 1. The molecule has 0 heterocycles. The summed E-state index contributed by atoms with van der Waals surface area (Å²) in [6.07, 6.45) is 0.319. The molecule has 0 radical (unpaired) electrons. The number of amides is 1. The first-order valence-electron chi connectivity index (χ1n) is 13.3. The molecule has 0 aliphatic rings. The summed E-state index contributed by atoms with van der Waals surface area (Å²) in [7, 11) is -3.96. The van der Waals surface area contributed by atoms with Gasteiger partial charge in [0.15, 0.2) is 0 Å². The lowest BCUT2D eigenvalue weighted by atomic mass is 9.92. The molecular formula is C28H38N6O8S. The Morgan fingerprint density at radius 2 is 1.63 bits per heavy atom. The minimum Gasteiger partial charge on any atom is -0.481 e. The molecule has 2 rings (SSSR count). The average Bonchev–Trinajstić information content (AvgIpc) is 2.91. The van der Waals surface area contributed by atoms with Crippen molar-refractivity contribution < 1.29 is 37.4 Å². The van der Waals surface area contributed by atoms with Crippen LogP contribution in [0.3, 0.4) is 0 Å². The maximum absolute atomic E-state index is 12.8. The molecule has 0 saturated heterocycles. The molecule has 234 valence electrons. The Kier molecular flexibility index (Phi) is 12.8. The van der Waals surface area contributed by atoms with Crippen LogP contribution in [0, 0.1) is 26.7 Å². The van der Waals surface area contributed by atoms with Crippen molar-refractivity contribution in [1.82, 2.24) is 10.0 Å². The quantitative estimate of drug-likeness (QED) is 0.0530. The minimum atomic E-state index is -3.96. The number of benzene rings is 2. The first kappa shape index (κ1) is 34.9. The van der Waals surface area contributed by atoms with E-state index in [1.165, 1.54) is 0 Å². The summed E-state index contributed by atoms with van der Waals surface area (Å²) < 4.78 is 32.4. The Balaban J connectivity index is 1.78. The molecule has 2 aromatic rings. The molecule has 0 aromatic heterocycles. The number of carboxylic acid groups (broad SMARTS) is 1. The first-order valence-corrected chi connectivity index (χ1v) is 14.8. The number of sulfonamides is 1. The lowest BCUT2D eigenvalue weighted by Crippen LogP contribution is -2.47. The summed E-state index contributed by atoms with van der Waals surface area (Å²) in [5.74, 6) is -6.10. The number of ether oxygens (including phenoxy) is 1. The van der Waals surface area contributed by atoms with Gasteiger partial charge in [-0.25, -0.2) is 22.7 Å². The standard InChI is InChI=1S/C28H38N6O8S/c1-16-12-17(2)24(18(3)13-16)43(40,41)34-28(31)32-11-7-10-21(29)25(36)33-15-22(35)42-27(39)23(30)20(26(37)38)14-19-8-5-4-6-9-19/h4-6,8-9,12-13,20-21,23H,7,10-11,14-15,29-30H2,1-3H3,(H,33,36)(H,37,38)(H3,31,32,34)/t20?,21-,23-/m0/s1. The van der Waals surface area contributed by atoms with E-state index in [0.29, 0.717) is 16.7 Å². The SMILES string of the molecule is Cc1cc(C)c(S(=O)(=O)NC(N)=NCCC[C@H](N)C(=O)NCC(=O)OC(=O)[C@@H](N)C(Cc2ccccc2)C(=O)O)c(C)c1. The molecule has 0 bridgehead atoms. The van der Waals surface area contributed by atoms with Crippen LogP contribution in [0.15, 0.2) is 52.4 Å². The molecule has 3 atom stereocenters. The minimum absolute atomic E-state index is 0.0557. The number of hydrogen-bond donors (Lipinski definition) is 6. The fourth-order valence-corrected chi connectivity index (χ4v) is 5.77. The predicted octanol–water partition coefficient (Wildman–Crippen LogP) is -0.231. The highest BCUT2D eigenvalue weighted by Crippen LogP contribution is 2.21. The normalized spacial score (nSPS) is 13.8. The van der Waals surface area contributed by atoms with E-state index in [1.807, 2.05) is 6.92 Å². The Hall–Kier alpha value is -4.34. The van der Waals surface area contributed by atoms with Crippen LogP contribution in [-0.4, -0.2) is 68.5 Å². The van der Waals surface area contributed by atoms with E-state index in [0.717, 1.165) is 5.56 Å². The smallest absolute Gasteiger partial charge is 0.333 e. The maximum atomic E-state index is 12.8. The molecular weight excluding hydrogens is 580 g/mol. The van der Waals surface area contributed by atoms with Gasteiger partial charge in [-0.1, -0.05) is 48.0 Å². The summed E-state index contributed by atoms with van der Waals surface area (Å²) in [6, 6.07) is 9.32. The van der Waals surface area contributed by atoms with E-state index in [9.17, 15) is 32.7 Å². The number of rotatable bonds is 14. The van der Waals surface area contributed by atoms with Gasteiger partial charge in [-0.3, -0.25) is 14.6 Å². The van der Waals surface area contributed by atoms with Crippen LogP contribution >= 0.6 is 0 Å². The van der Waals surface area contributed by atoms with Crippen molar-refractivity contribution in [2.24, 2.45) is 28.1 Å². The number of aryl methyl sites for hydroxylation is 3. The van der Waals surface area contributed by atoms with E-state index in [4.69, 9.17) is 17.2 Å². The highest BCUT2D eigenvalue weighted by atomic mass is 32.2. The van der Waals surface area contributed by atoms with Crippen LogP contribution < -0.4 is 27.2 Å². The molecule has 15 heteroatoms. The molecule has 0 aliphatic heterocycles. The van der Waals surface area contributed by atoms with E-state index in [1.54, 1.807) is 56.3 Å². The monoisotopic (exact) mass is 618 g/mol. The number of carbonyl (C=O) groups is 4. The lowest BCUT2D eigenvalue weighted by molar-refractivity contribution is -0.163.